The number of halogens is 3. The van der Waals surface area contributed by atoms with Crippen LogP contribution in [0.4, 0.5) is 0 Å². The van der Waals surface area contributed by atoms with Crippen LogP contribution in [-0.4, -0.2) is 18.3 Å². The third-order valence-electron chi connectivity index (χ3n) is 2.52. The zero-order valence-electron chi connectivity index (χ0n) is 10.0. The van der Waals surface area contributed by atoms with Gasteiger partial charge in [-0.25, -0.2) is 0 Å². The van der Waals surface area contributed by atoms with Gasteiger partial charge in [-0.3, -0.25) is 4.79 Å². The number of carbonyl (C=O) groups excluding carboxylic acids is 1. The summed E-state index contributed by atoms with van der Waals surface area (Å²) < 4.78 is 1.89. The van der Waals surface area contributed by atoms with Crippen molar-refractivity contribution in [2.24, 2.45) is 0 Å². The first-order valence-corrected chi connectivity index (χ1v) is 8.35. The molecule has 5 heteroatoms. The zero-order chi connectivity index (χ0) is 13.4. The van der Waals surface area contributed by atoms with Crippen LogP contribution in [0.2, 0.25) is 0 Å². The number of alkyl halides is 1. The van der Waals surface area contributed by atoms with E-state index in [2.05, 4.69) is 43.8 Å². The number of hydrogen-bond acceptors (Lipinski definition) is 1. The van der Waals surface area contributed by atoms with Gasteiger partial charge in [0.1, 0.15) is 0 Å². The summed E-state index contributed by atoms with van der Waals surface area (Å²) in [5.41, 5.74) is 0.697. The van der Waals surface area contributed by atoms with Crippen molar-refractivity contribution in [1.82, 2.24) is 5.32 Å². The SMILES string of the molecule is O=C(NCCCCCCCl)c1cc(I)ccc1Br. The average molecular weight is 445 g/mol. The van der Waals surface area contributed by atoms with Crippen LogP contribution < -0.4 is 5.32 Å². The topological polar surface area (TPSA) is 29.1 Å². The molecule has 1 aromatic carbocycles. The summed E-state index contributed by atoms with van der Waals surface area (Å²) in [6.45, 7) is 0.721. The van der Waals surface area contributed by atoms with Crippen molar-refractivity contribution < 1.29 is 4.79 Å². The maximum Gasteiger partial charge on any atom is 0.252 e. The minimum atomic E-state index is -0.0160. The molecule has 0 radical (unpaired) electrons. The average Bonchev–Trinajstić information content (AvgIpc) is 2.36. The minimum Gasteiger partial charge on any atom is -0.352 e. The van der Waals surface area contributed by atoms with E-state index in [0.717, 1.165) is 46.2 Å². The lowest BCUT2D eigenvalue weighted by Gasteiger charge is -2.07. The van der Waals surface area contributed by atoms with Crippen LogP contribution in [0.15, 0.2) is 22.7 Å². The second kappa shape index (κ2) is 9.15. The fraction of sp³-hybridized carbons (Fsp3) is 0.462. The summed E-state index contributed by atoms with van der Waals surface area (Å²) in [5, 5.41) is 2.94. The van der Waals surface area contributed by atoms with Crippen LogP contribution in [-0.2, 0) is 0 Å². The molecule has 2 nitrogen and oxygen atoms in total. The molecular formula is C13H16BrClINO. The molecule has 0 aliphatic rings. The highest BCUT2D eigenvalue weighted by Crippen LogP contribution is 2.19. The second-order valence-corrected chi connectivity index (χ2v) is 6.46. The molecule has 0 unspecified atom stereocenters. The highest BCUT2D eigenvalue weighted by molar-refractivity contribution is 14.1. The van der Waals surface area contributed by atoms with E-state index in [1.807, 2.05) is 18.2 Å². The van der Waals surface area contributed by atoms with Crippen LogP contribution >= 0.6 is 50.1 Å². The van der Waals surface area contributed by atoms with Crippen LogP contribution in [0.25, 0.3) is 0 Å². The Labute approximate surface area is 135 Å². The summed E-state index contributed by atoms with van der Waals surface area (Å²) in [7, 11) is 0. The Bertz CT molecular complexity index is 401. The van der Waals surface area contributed by atoms with E-state index in [1.54, 1.807) is 0 Å². The van der Waals surface area contributed by atoms with Crippen LogP contribution in [0, 0.1) is 3.57 Å². The van der Waals surface area contributed by atoms with Crippen molar-refractivity contribution in [3.8, 4) is 0 Å². The number of rotatable bonds is 7. The van der Waals surface area contributed by atoms with Crippen molar-refractivity contribution in [3.05, 3.63) is 31.8 Å². The van der Waals surface area contributed by atoms with Gasteiger partial charge < -0.3 is 5.32 Å². The Morgan fingerprint density at radius 1 is 1.28 bits per heavy atom. The van der Waals surface area contributed by atoms with Crippen molar-refractivity contribution in [3.63, 3.8) is 0 Å². The van der Waals surface area contributed by atoms with E-state index in [0.29, 0.717) is 5.56 Å². The molecule has 0 fully saturated rings. The zero-order valence-corrected chi connectivity index (χ0v) is 14.5. The fourth-order valence-corrected chi connectivity index (χ4v) is 2.65. The third-order valence-corrected chi connectivity index (χ3v) is 4.15. The smallest absolute Gasteiger partial charge is 0.252 e. The lowest BCUT2D eigenvalue weighted by molar-refractivity contribution is 0.0952. The molecule has 0 aliphatic carbocycles. The molecule has 0 saturated carbocycles. The molecule has 0 heterocycles. The van der Waals surface area contributed by atoms with Gasteiger partial charge in [0.05, 0.1) is 5.56 Å². The molecule has 1 amide bonds. The van der Waals surface area contributed by atoms with Gasteiger partial charge in [0, 0.05) is 20.5 Å². The summed E-state index contributed by atoms with van der Waals surface area (Å²) in [5.74, 6) is 0.708. The standard InChI is InChI=1S/C13H16BrClINO/c14-12-6-5-10(16)9-11(12)13(18)17-8-4-2-1-3-7-15/h5-6,9H,1-4,7-8H2,(H,17,18). The molecule has 0 atom stereocenters. The van der Waals surface area contributed by atoms with Crippen molar-refractivity contribution in [2.75, 3.05) is 12.4 Å². The highest BCUT2D eigenvalue weighted by Gasteiger charge is 2.09. The third kappa shape index (κ3) is 5.89. The second-order valence-electron chi connectivity index (χ2n) is 3.98. The molecule has 18 heavy (non-hydrogen) atoms. The van der Waals surface area contributed by atoms with Crippen LogP contribution in [0.3, 0.4) is 0 Å². The van der Waals surface area contributed by atoms with E-state index in [-0.39, 0.29) is 5.91 Å². The van der Waals surface area contributed by atoms with Gasteiger partial charge in [0.15, 0.2) is 0 Å². The Hall–Kier alpha value is 0.190. The predicted molar refractivity (Wildman–Crippen MR) is 88.4 cm³/mol. The van der Waals surface area contributed by atoms with Crippen molar-refractivity contribution >= 4 is 56.0 Å². The van der Waals surface area contributed by atoms with E-state index in [1.165, 1.54) is 0 Å². The first kappa shape index (κ1) is 16.2. The summed E-state index contributed by atoms with van der Waals surface area (Å²) >= 11 is 11.2. The van der Waals surface area contributed by atoms with E-state index in [4.69, 9.17) is 11.6 Å². The molecule has 0 aromatic heterocycles. The summed E-state index contributed by atoms with van der Waals surface area (Å²) in [6, 6.07) is 5.75. The van der Waals surface area contributed by atoms with Gasteiger partial charge in [-0.2, -0.15) is 0 Å². The number of unbranched alkanes of at least 4 members (excludes halogenated alkanes) is 3. The molecule has 0 aliphatic heterocycles. The summed E-state index contributed by atoms with van der Waals surface area (Å²) in [6.07, 6.45) is 4.30. The Morgan fingerprint density at radius 3 is 2.72 bits per heavy atom. The van der Waals surface area contributed by atoms with Gasteiger partial charge in [0.2, 0.25) is 0 Å². The van der Waals surface area contributed by atoms with E-state index in [9.17, 15) is 4.79 Å². The van der Waals surface area contributed by atoms with Gasteiger partial charge in [-0.15, -0.1) is 11.6 Å². The number of benzene rings is 1. The monoisotopic (exact) mass is 443 g/mol. The van der Waals surface area contributed by atoms with Gasteiger partial charge >= 0.3 is 0 Å². The maximum absolute atomic E-state index is 11.9. The first-order valence-electron chi connectivity index (χ1n) is 5.94. The lowest BCUT2D eigenvalue weighted by Crippen LogP contribution is -2.24. The van der Waals surface area contributed by atoms with Crippen molar-refractivity contribution in [1.29, 1.82) is 0 Å². The van der Waals surface area contributed by atoms with E-state index >= 15 is 0 Å². The highest BCUT2D eigenvalue weighted by atomic mass is 127. The largest absolute Gasteiger partial charge is 0.352 e. The lowest BCUT2D eigenvalue weighted by atomic mass is 10.2. The quantitative estimate of drug-likeness (QED) is 0.372. The molecule has 0 spiro atoms. The van der Waals surface area contributed by atoms with E-state index < -0.39 is 0 Å². The minimum absolute atomic E-state index is 0.0160. The van der Waals surface area contributed by atoms with Crippen LogP contribution in [0.5, 0.6) is 0 Å². The Balaban J connectivity index is 2.34. The molecule has 0 saturated heterocycles. The van der Waals surface area contributed by atoms with Gasteiger partial charge in [-0.1, -0.05) is 12.8 Å². The number of nitrogens with one attached hydrogen (secondary N) is 1. The Kier molecular flexibility index (Phi) is 8.26. The number of amides is 1. The first-order chi connectivity index (χ1) is 8.65. The summed E-state index contributed by atoms with van der Waals surface area (Å²) in [4.78, 5) is 11.9. The molecule has 0 bridgehead atoms. The molecule has 100 valence electrons. The van der Waals surface area contributed by atoms with Crippen LogP contribution in [0.1, 0.15) is 36.0 Å². The molecule has 1 rings (SSSR count). The molecular weight excluding hydrogens is 428 g/mol. The van der Waals surface area contributed by atoms with Gasteiger partial charge in [-0.05, 0) is 69.6 Å². The normalized spacial score (nSPS) is 10.4. The molecule has 1 aromatic rings. The van der Waals surface area contributed by atoms with Gasteiger partial charge in [0.25, 0.3) is 5.91 Å². The predicted octanol–water partition coefficient (Wildman–Crippen LogP) is 4.58. The molecule has 1 N–H and O–H groups in total. The maximum atomic E-state index is 11.9. The number of hydrogen-bond donors (Lipinski definition) is 1. The Morgan fingerprint density at radius 2 is 2.00 bits per heavy atom. The number of carbonyl (C=O) groups is 1. The fourth-order valence-electron chi connectivity index (χ4n) is 1.54. The van der Waals surface area contributed by atoms with Crippen molar-refractivity contribution in [2.45, 2.75) is 25.7 Å².